The standard InChI is InChI=1S/C14H29NO2S/c1-4-12(5-2)9-14(10-15-6-3)13-7-8-18(16,17)11-13/h12-15H,4-11H2,1-3H3. The maximum absolute atomic E-state index is 11.6. The van der Waals surface area contributed by atoms with Crippen LogP contribution >= 0.6 is 0 Å². The quantitative estimate of drug-likeness (QED) is 0.740. The van der Waals surface area contributed by atoms with Crippen LogP contribution in [0, 0.1) is 17.8 Å². The summed E-state index contributed by atoms with van der Waals surface area (Å²) in [6.45, 7) is 8.54. The first-order valence-corrected chi connectivity index (χ1v) is 9.25. The molecule has 0 spiro atoms. The second-order valence-electron chi connectivity index (χ2n) is 5.65. The molecule has 1 N–H and O–H groups in total. The van der Waals surface area contributed by atoms with Gasteiger partial charge in [-0.25, -0.2) is 8.42 Å². The van der Waals surface area contributed by atoms with Crippen molar-refractivity contribution >= 4 is 9.84 Å². The minimum Gasteiger partial charge on any atom is -0.317 e. The first kappa shape index (κ1) is 16.0. The van der Waals surface area contributed by atoms with Gasteiger partial charge in [0.25, 0.3) is 0 Å². The average molecular weight is 275 g/mol. The Bertz CT molecular complexity index is 323. The first-order valence-electron chi connectivity index (χ1n) is 7.43. The first-order chi connectivity index (χ1) is 8.52. The summed E-state index contributed by atoms with van der Waals surface area (Å²) in [4.78, 5) is 0. The van der Waals surface area contributed by atoms with Gasteiger partial charge in [-0.3, -0.25) is 0 Å². The van der Waals surface area contributed by atoms with Crippen molar-refractivity contribution in [2.45, 2.75) is 46.5 Å². The van der Waals surface area contributed by atoms with Gasteiger partial charge in [0.05, 0.1) is 11.5 Å². The van der Waals surface area contributed by atoms with Crippen LogP contribution in [-0.2, 0) is 9.84 Å². The zero-order valence-electron chi connectivity index (χ0n) is 12.1. The number of rotatable bonds is 8. The van der Waals surface area contributed by atoms with Crippen molar-refractivity contribution in [3.63, 3.8) is 0 Å². The van der Waals surface area contributed by atoms with Gasteiger partial charge in [0.2, 0.25) is 0 Å². The molecule has 1 saturated heterocycles. The summed E-state index contributed by atoms with van der Waals surface area (Å²) >= 11 is 0. The van der Waals surface area contributed by atoms with Gasteiger partial charge in [-0.15, -0.1) is 0 Å². The summed E-state index contributed by atoms with van der Waals surface area (Å²) in [5.74, 6) is 2.49. The molecular formula is C14H29NO2S. The van der Waals surface area contributed by atoms with E-state index in [1.54, 1.807) is 0 Å². The molecule has 0 aromatic rings. The Labute approximate surface area is 113 Å². The van der Waals surface area contributed by atoms with E-state index in [9.17, 15) is 8.42 Å². The highest BCUT2D eigenvalue weighted by atomic mass is 32.2. The molecule has 1 aliphatic rings. The van der Waals surface area contributed by atoms with Gasteiger partial charge in [-0.1, -0.05) is 33.6 Å². The molecule has 0 aromatic carbocycles. The normalized spacial score (nSPS) is 24.6. The predicted molar refractivity (Wildman–Crippen MR) is 77.5 cm³/mol. The third-order valence-corrected chi connectivity index (χ3v) is 6.18. The van der Waals surface area contributed by atoms with Crippen molar-refractivity contribution in [1.29, 1.82) is 0 Å². The summed E-state index contributed by atoms with van der Waals surface area (Å²) < 4.78 is 23.2. The lowest BCUT2D eigenvalue weighted by atomic mass is 9.82. The Morgan fingerprint density at radius 3 is 2.33 bits per heavy atom. The lowest BCUT2D eigenvalue weighted by Gasteiger charge is -2.26. The Morgan fingerprint density at radius 1 is 1.22 bits per heavy atom. The van der Waals surface area contributed by atoms with Gasteiger partial charge in [0, 0.05) is 0 Å². The summed E-state index contributed by atoms with van der Waals surface area (Å²) in [7, 11) is -2.74. The fourth-order valence-corrected chi connectivity index (χ4v) is 4.94. The van der Waals surface area contributed by atoms with E-state index < -0.39 is 9.84 Å². The van der Waals surface area contributed by atoms with Crippen LogP contribution < -0.4 is 5.32 Å². The Hall–Kier alpha value is -0.0900. The lowest BCUT2D eigenvalue weighted by molar-refractivity contribution is 0.268. The second kappa shape index (κ2) is 7.49. The molecule has 0 aliphatic carbocycles. The van der Waals surface area contributed by atoms with Gasteiger partial charge in [-0.05, 0) is 43.7 Å². The number of hydrogen-bond acceptors (Lipinski definition) is 3. The molecule has 1 aliphatic heterocycles. The van der Waals surface area contributed by atoms with Crippen molar-refractivity contribution < 1.29 is 8.42 Å². The average Bonchev–Trinajstić information content (AvgIpc) is 2.70. The number of nitrogens with one attached hydrogen (secondary N) is 1. The Morgan fingerprint density at radius 2 is 1.89 bits per heavy atom. The van der Waals surface area contributed by atoms with E-state index in [0.29, 0.717) is 23.3 Å². The summed E-state index contributed by atoms with van der Waals surface area (Å²) in [6, 6.07) is 0. The molecule has 3 nitrogen and oxygen atoms in total. The molecule has 0 radical (unpaired) electrons. The van der Waals surface area contributed by atoms with Crippen LogP contribution in [-0.4, -0.2) is 33.0 Å². The van der Waals surface area contributed by atoms with E-state index in [1.807, 2.05) is 0 Å². The molecule has 1 fully saturated rings. The maximum atomic E-state index is 11.6. The van der Waals surface area contributed by atoms with Crippen molar-refractivity contribution in [2.24, 2.45) is 17.8 Å². The highest BCUT2D eigenvalue weighted by molar-refractivity contribution is 7.91. The molecule has 0 amide bonds. The van der Waals surface area contributed by atoms with Crippen molar-refractivity contribution in [3.05, 3.63) is 0 Å². The minimum atomic E-state index is -2.74. The highest BCUT2D eigenvalue weighted by Crippen LogP contribution is 2.31. The molecule has 2 unspecified atom stereocenters. The van der Waals surface area contributed by atoms with Crippen molar-refractivity contribution in [2.75, 3.05) is 24.6 Å². The molecule has 0 aromatic heterocycles. The SMILES string of the molecule is CCNCC(CC(CC)CC)C1CCS(=O)(=O)C1. The van der Waals surface area contributed by atoms with E-state index in [0.717, 1.165) is 25.4 Å². The lowest BCUT2D eigenvalue weighted by Crippen LogP contribution is -2.30. The van der Waals surface area contributed by atoms with E-state index in [-0.39, 0.29) is 0 Å². The smallest absolute Gasteiger partial charge is 0.150 e. The Kier molecular flexibility index (Phi) is 6.64. The van der Waals surface area contributed by atoms with Crippen LogP contribution in [0.25, 0.3) is 0 Å². The van der Waals surface area contributed by atoms with Gasteiger partial charge < -0.3 is 5.32 Å². The molecule has 0 saturated carbocycles. The molecule has 1 rings (SSSR count). The molecule has 4 heteroatoms. The maximum Gasteiger partial charge on any atom is 0.150 e. The third kappa shape index (κ3) is 4.88. The monoisotopic (exact) mass is 275 g/mol. The van der Waals surface area contributed by atoms with Gasteiger partial charge >= 0.3 is 0 Å². The van der Waals surface area contributed by atoms with Crippen LogP contribution in [0.4, 0.5) is 0 Å². The molecular weight excluding hydrogens is 246 g/mol. The zero-order valence-corrected chi connectivity index (χ0v) is 12.9. The molecule has 2 atom stereocenters. The van der Waals surface area contributed by atoms with Gasteiger partial charge in [0.1, 0.15) is 0 Å². The number of sulfone groups is 1. The summed E-state index contributed by atoms with van der Waals surface area (Å²) in [5.41, 5.74) is 0. The van der Waals surface area contributed by atoms with E-state index >= 15 is 0 Å². The van der Waals surface area contributed by atoms with Crippen LogP contribution in [0.3, 0.4) is 0 Å². The summed E-state index contributed by atoms with van der Waals surface area (Å²) in [5, 5.41) is 3.41. The summed E-state index contributed by atoms with van der Waals surface area (Å²) in [6.07, 6.45) is 4.47. The highest BCUT2D eigenvalue weighted by Gasteiger charge is 2.33. The van der Waals surface area contributed by atoms with E-state index in [1.165, 1.54) is 19.3 Å². The van der Waals surface area contributed by atoms with Crippen molar-refractivity contribution in [1.82, 2.24) is 5.32 Å². The van der Waals surface area contributed by atoms with Crippen LogP contribution in [0.5, 0.6) is 0 Å². The Balaban J connectivity index is 2.60. The van der Waals surface area contributed by atoms with Gasteiger partial charge in [0.15, 0.2) is 9.84 Å². The fourth-order valence-electron chi connectivity index (χ4n) is 3.02. The van der Waals surface area contributed by atoms with Crippen LogP contribution in [0.15, 0.2) is 0 Å². The predicted octanol–water partition coefficient (Wildman–Crippen LogP) is 2.47. The van der Waals surface area contributed by atoms with E-state index in [4.69, 9.17) is 0 Å². The second-order valence-corrected chi connectivity index (χ2v) is 7.88. The third-order valence-electron chi connectivity index (χ3n) is 4.38. The van der Waals surface area contributed by atoms with E-state index in [2.05, 4.69) is 26.1 Å². The topological polar surface area (TPSA) is 46.2 Å². The zero-order chi connectivity index (χ0) is 13.6. The van der Waals surface area contributed by atoms with Gasteiger partial charge in [-0.2, -0.15) is 0 Å². The van der Waals surface area contributed by atoms with Crippen molar-refractivity contribution in [3.8, 4) is 0 Å². The molecule has 0 bridgehead atoms. The molecule has 1 heterocycles. The number of hydrogen-bond donors (Lipinski definition) is 1. The van der Waals surface area contributed by atoms with Crippen LogP contribution in [0.2, 0.25) is 0 Å². The fraction of sp³-hybridized carbons (Fsp3) is 1.00. The molecule has 108 valence electrons. The minimum absolute atomic E-state index is 0.384. The largest absolute Gasteiger partial charge is 0.317 e. The molecule has 18 heavy (non-hydrogen) atoms. The van der Waals surface area contributed by atoms with Crippen LogP contribution in [0.1, 0.15) is 46.5 Å².